The van der Waals surface area contributed by atoms with Crippen molar-refractivity contribution in [2.24, 2.45) is 4.99 Å². The highest BCUT2D eigenvalue weighted by molar-refractivity contribution is 9.10. The number of aliphatic imine (C=N–C) groups is 1. The van der Waals surface area contributed by atoms with Crippen LogP contribution in [0.1, 0.15) is 11.1 Å². The lowest BCUT2D eigenvalue weighted by Gasteiger charge is -2.19. The Hall–Kier alpha value is -2.57. The summed E-state index contributed by atoms with van der Waals surface area (Å²) >= 11 is 7.00. The summed E-state index contributed by atoms with van der Waals surface area (Å²) in [5.41, 5.74) is 2.50. The van der Waals surface area contributed by atoms with Crippen molar-refractivity contribution in [2.75, 3.05) is 4.90 Å². The van der Waals surface area contributed by atoms with E-state index in [1.807, 2.05) is 48.5 Å². The molecule has 0 saturated heterocycles. The second kappa shape index (κ2) is 7.81. The standard InChI is InChI=1S/C22H13Br2FN2O/c23-15-4-3-5-17(13-15)27-21(18-6-1-2-7-19(18)24)26-20(22(27)28)12-14-8-10-16(25)11-9-14/h1-13H/b20-12+. The van der Waals surface area contributed by atoms with Crippen LogP contribution < -0.4 is 4.90 Å². The van der Waals surface area contributed by atoms with Gasteiger partial charge in [0.1, 0.15) is 17.3 Å². The highest BCUT2D eigenvalue weighted by Gasteiger charge is 2.33. The predicted octanol–water partition coefficient (Wildman–Crippen LogP) is 6.19. The van der Waals surface area contributed by atoms with Gasteiger partial charge in [-0.15, -0.1) is 0 Å². The number of carbonyl (C=O) groups excluding carboxylic acids is 1. The van der Waals surface area contributed by atoms with Crippen LogP contribution >= 0.6 is 31.9 Å². The van der Waals surface area contributed by atoms with Crippen molar-refractivity contribution in [3.05, 3.63) is 104 Å². The highest BCUT2D eigenvalue weighted by Crippen LogP contribution is 2.31. The first kappa shape index (κ1) is 18.8. The third-order valence-electron chi connectivity index (χ3n) is 4.21. The molecule has 0 bridgehead atoms. The molecule has 0 spiro atoms. The molecule has 0 saturated carbocycles. The van der Waals surface area contributed by atoms with Crippen LogP contribution in [0, 0.1) is 5.82 Å². The Labute approximate surface area is 178 Å². The number of anilines is 1. The number of amides is 1. The number of carbonyl (C=O) groups is 1. The molecule has 0 aromatic heterocycles. The number of rotatable bonds is 3. The first-order valence-electron chi connectivity index (χ1n) is 8.44. The van der Waals surface area contributed by atoms with Gasteiger partial charge in [0.25, 0.3) is 5.91 Å². The number of halogens is 3. The quantitative estimate of drug-likeness (QED) is 0.396. The lowest BCUT2D eigenvalue weighted by atomic mass is 10.1. The third-order valence-corrected chi connectivity index (χ3v) is 5.40. The largest absolute Gasteiger partial charge is 0.282 e. The zero-order valence-corrected chi connectivity index (χ0v) is 17.6. The van der Waals surface area contributed by atoms with Crippen LogP contribution in [-0.4, -0.2) is 11.7 Å². The summed E-state index contributed by atoms with van der Waals surface area (Å²) in [5.74, 6) is -0.0369. The number of benzene rings is 3. The molecule has 3 nitrogen and oxygen atoms in total. The minimum absolute atomic E-state index is 0.242. The smallest absolute Gasteiger partial charge is 0.266 e. The van der Waals surface area contributed by atoms with Crippen LogP contribution in [0.4, 0.5) is 10.1 Å². The Kier molecular flexibility index (Phi) is 5.24. The minimum Gasteiger partial charge on any atom is -0.266 e. The fourth-order valence-electron chi connectivity index (χ4n) is 2.91. The molecule has 1 amide bonds. The molecule has 138 valence electrons. The van der Waals surface area contributed by atoms with Gasteiger partial charge in [-0.1, -0.05) is 68.3 Å². The van der Waals surface area contributed by atoms with Crippen LogP contribution in [0.3, 0.4) is 0 Å². The van der Waals surface area contributed by atoms with Crippen LogP contribution in [0.15, 0.2) is 92.4 Å². The summed E-state index contributed by atoms with van der Waals surface area (Å²) in [7, 11) is 0. The molecule has 6 heteroatoms. The molecule has 1 aliphatic rings. The van der Waals surface area contributed by atoms with Gasteiger partial charge in [0.05, 0.1) is 5.69 Å². The van der Waals surface area contributed by atoms with E-state index >= 15 is 0 Å². The van der Waals surface area contributed by atoms with E-state index in [-0.39, 0.29) is 17.4 Å². The summed E-state index contributed by atoms with van der Waals surface area (Å²) in [6.07, 6.45) is 1.66. The molecule has 0 radical (unpaired) electrons. The average molecular weight is 500 g/mol. The molecule has 0 N–H and O–H groups in total. The summed E-state index contributed by atoms with van der Waals surface area (Å²) in [4.78, 5) is 19.4. The topological polar surface area (TPSA) is 32.7 Å². The normalized spacial score (nSPS) is 15.2. The zero-order chi connectivity index (χ0) is 19.7. The summed E-state index contributed by atoms with van der Waals surface area (Å²) in [6.45, 7) is 0. The SMILES string of the molecule is O=C1/C(=C\c2ccc(F)cc2)N=C(c2ccccc2Br)N1c1cccc(Br)c1. The molecular weight excluding hydrogens is 487 g/mol. The van der Waals surface area contributed by atoms with Crippen LogP contribution in [0.5, 0.6) is 0 Å². The zero-order valence-electron chi connectivity index (χ0n) is 14.4. The Balaban J connectivity index is 1.85. The van der Waals surface area contributed by atoms with Crippen molar-refractivity contribution in [1.29, 1.82) is 0 Å². The van der Waals surface area contributed by atoms with Gasteiger partial charge >= 0.3 is 0 Å². The maximum absolute atomic E-state index is 13.2. The van der Waals surface area contributed by atoms with Gasteiger partial charge in [0, 0.05) is 14.5 Å². The fourth-order valence-corrected chi connectivity index (χ4v) is 3.76. The van der Waals surface area contributed by atoms with Crippen LogP contribution in [0.25, 0.3) is 6.08 Å². The van der Waals surface area contributed by atoms with E-state index in [0.29, 0.717) is 17.1 Å². The van der Waals surface area contributed by atoms with Gasteiger partial charge in [-0.05, 0) is 48.0 Å². The molecule has 0 aliphatic carbocycles. The molecule has 0 fully saturated rings. The minimum atomic E-state index is -0.326. The molecule has 0 atom stereocenters. The molecule has 1 heterocycles. The second-order valence-corrected chi connectivity index (χ2v) is 7.89. The van der Waals surface area contributed by atoms with E-state index in [2.05, 4.69) is 36.9 Å². The maximum Gasteiger partial charge on any atom is 0.282 e. The Morgan fingerprint density at radius 2 is 1.68 bits per heavy atom. The van der Waals surface area contributed by atoms with E-state index in [9.17, 15) is 9.18 Å². The van der Waals surface area contributed by atoms with E-state index in [1.54, 1.807) is 23.1 Å². The summed E-state index contributed by atoms with van der Waals surface area (Å²) in [5, 5.41) is 0. The number of hydrogen-bond donors (Lipinski definition) is 0. The molecule has 3 aromatic carbocycles. The first-order chi connectivity index (χ1) is 13.5. The lowest BCUT2D eigenvalue weighted by Crippen LogP contribution is -2.32. The van der Waals surface area contributed by atoms with Crippen LogP contribution in [-0.2, 0) is 4.79 Å². The highest BCUT2D eigenvalue weighted by atomic mass is 79.9. The second-order valence-electron chi connectivity index (χ2n) is 6.12. The van der Waals surface area contributed by atoms with Crippen molar-refractivity contribution in [3.8, 4) is 0 Å². The van der Waals surface area contributed by atoms with Crippen LogP contribution in [0.2, 0.25) is 0 Å². The summed E-state index contributed by atoms with van der Waals surface area (Å²) in [6, 6.07) is 21.0. The molecular formula is C22H13Br2FN2O. The fraction of sp³-hybridized carbons (Fsp3) is 0. The molecule has 4 rings (SSSR count). The van der Waals surface area contributed by atoms with Gasteiger partial charge in [0.2, 0.25) is 0 Å². The Bertz CT molecular complexity index is 1120. The predicted molar refractivity (Wildman–Crippen MR) is 117 cm³/mol. The maximum atomic E-state index is 13.2. The van der Waals surface area contributed by atoms with Gasteiger partial charge < -0.3 is 0 Å². The van der Waals surface area contributed by atoms with Gasteiger partial charge in [0.15, 0.2) is 0 Å². The third kappa shape index (κ3) is 3.70. The van der Waals surface area contributed by atoms with Crippen molar-refractivity contribution in [1.82, 2.24) is 0 Å². The average Bonchev–Trinajstić information content (AvgIpc) is 3.00. The van der Waals surface area contributed by atoms with Gasteiger partial charge in [-0.25, -0.2) is 9.38 Å². The van der Waals surface area contributed by atoms with E-state index < -0.39 is 0 Å². The lowest BCUT2D eigenvalue weighted by molar-refractivity contribution is -0.113. The molecule has 0 unspecified atom stereocenters. The van der Waals surface area contributed by atoms with E-state index in [1.165, 1.54) is 12.1 Å². The number of nitrogens with zero attached hydrogens (tertiary/aromatic N) is 2. The Morgan fingerprint density at radius 3 is 2.39 bits per heavy atom. The molecule has 28 heavy (non-hydrogen) atoms. The number of amidine groups is 1. The van der Waals surface area contributed by atoms with Crippen molar-refractivity contribution in [2.45, 2.75) is 0 Å². The van der Waals surface area contributed by atoms with Gasteiger partial charge in [-0.3, -0.25) is 9.69 Å². The van der Waals surface area contributed by atoms with Crippen molar-refractivity contribution >= 4 is 55.4 Å². The number of hydrogen-bond acceptors (Lipinski definition) is 2. The monoisotopic (exact) mass is 498 g/mol. The van der Waals surface area contributed by atoms with Gasteiger partial charge in [-0.2, -0.15) is 0 Å². The molecule has 1 aliphatic heterocycles. The van der Waals surface area contributed by atoms with Crippen molar-refractivity contribution in [3.63, 3.8) is 0 Å². The van der Waals surface area contributed by atoms with E-state index in [4.69, 9.17) is 0 Å². The van der Waals surface area contributed by atoms with E-state index in [0.717, 1.165) is 14.5 Å². The van der Waals surface area contributed by atoms with Crippen molar-refractivity contribution < 1.29 is 9.18 Å². The first-order valence-corrected chi connectivity index (χ1v) is 10.0. The molecule has 3 aromatic rings. The Morgan fingerprint density at radius 1 is 0.929 bits per heavy atom. The summed E-state index contributed by atoms with van der Waals surface area (Å²) < 4.78 is 14.9.